The monoisotopic (exact) mass is 406 g/mol. The molecule has 0 aromatic carbocycles. The van der Waals surface area contributed by atoms with E-state index in [1.54, 1.807) is 12.3 Å². The van der Waals surface area contributed by atoms with Crippen LogP contribution in [0.15, 0.2) is 21.2 Å². The van der Waals surface area contributed by atoms with Crippen LogP contribution in [0.1, 0.15) is 37.9 Å². The minimum absolute atomic E-state index is 0.312. The quantitative estimate of drug-likeness (QED) is 0.788. The van der Waals surface area contributed by atoms with E-state index in [-0.39, 0.29) is 0 Å². The Morgan fingerprint density at radius 1 is 1.24 bits per heavy atom. The summed E-state index contributed by atoms with van der Waals surface area (Å²) in [5, 5.41) is 16.4. The number of aromatic nitrogens is 1. The number of nitriles is 1. The zero-order valence-corrected chi connectivity index (χ0v) is 15.8. The van der Waals surface area contributed by atoms with Gasteiger partial charge in [0, 0.05) is 30.6 Å². The van der Waals surface area contributed by atoms with Gasteiger partial charge in [0.2, 0.25) is 5.76 Å². The Morgan fingerprint density at radius 2 is 2.00 bits per heavy atom. The summed E-state index contributed by atoms with van der Waals surface area (Å²) in [5.41, 5.74) is 0.637. The normalized spacial score (nSPS) is 18.2. The molecule has 0 amide bonds. The fourth-order valence-electron chi connectivity index (χ4n) is 3.09. The van der Waals surface area contributed by atoms with Gasteiger partial charge in [-0.3, -0.25) is 0 Å². The van der Waals surface area contributed by atoms with E-state index in [1.807, 2.05) is 6.07 Å². The van der Waals surface area contributed by atoms with Crippen molar-refractivity contribution in [1.82, 2.24) is 10.3 Å². The second-order valence-corrected chi connectivity index (χ2v) is 7.06. The van der Waals surface area contributed by atoms with Gasteiger partial charge in [0.15, 0.2) is 5.58 Å². The Balaban J connectivity index is 0.000000258. The SMILES string of the molecule is C1COCCN1.N#Cc1cc2c(Br)c(NC3CCCCC3)ncc2o1. The molecule has 1 saturated heterocycles. The molecule has 2 fully saturated rings. The molecular weight excluding hydrogens is 384 g/mol. The Labute approximate surface area is 156 Å². The molecule has 1 saturated carbocycles. The average molecular weight is 407 g/mol. The first-order chi connectivity index (χ1) is 12.3. The van der Waals surface area contributed by atoms with E-state index in [1.165, 1.54) is 32.1 Å². The van der Waals surface area contributed by atoms with E-state index in [0.29, 0.717) is 17.4 Å². The van der Waals surface area contributed by atoms with Gasteiger partial charge in [-0.15, -0.1) is 0 Å². The van der Waals surface area contributed by atoms with Gasteiger partial charge in [0.05, 0.1) is 23.9 Å². The third kappa shape index (κ3) is 4.94. The van der Waals surface area contributed by atoms with Crippen molar-refractivity contribution in [1.29, 1.82) is 5.26 Å². The average Bonchev–Trinajstić information content (AvgIpc) is 3.11. The number of rotatable bonds is 2. The van der Waals surface area contributed by atoms with Gasteiger partial charge in [-0.1, -0.05) is 19.3 Å². The Kier molecular flexibility index (Phi) is 6.68. The largest absolute Gasteiger partial charge is 0.444 e. The lowest BCUT2D eigenvalue weighted by Crippen LogP contribution is -2.30. The number of furan rings is 1. The van der Waals surface area contributed by atoms with Crippen LogP contribution in [-0.4, -0.2) is 37.3 Å². The van der Waals surface area contributed by atoms with Gasteiger partial charge in [0.1, 0.15) is 11.9 Å². The lowest BCUT2D eigenvalue weighted by molar-refractivity contribution is 0.109. The number of nitrogens with zero attached hydrogens (tertiary/aromatic N) is 2. The van der Waals surface area contributed by atoms with Crippen molar-refractivity contribution in [2.75, 3.05) is 31.6 Å². The molecule has 0 bridgehead atoms. The smallest absolute Gasteiger partial charge is 0.204 e. The lowest BCUT2D eigenvalue weighted by atomic mass is 9.95. The second-order valence-electron chi connectivity index (χ2n) is 6.26. The molecule has 2 aromatic heterocycles. The van der Waals surface area contributed by atoms with Gasteiger partial charge in [-0.25, -0.2) is 4.98 Å². The fourth-order valence-corrected chi connectivity index (χ4v) is 3.62. The molecule has 1 aliphatic heterocycles. The Morgan fingerprint density at radius 3 is 2.60 bits per heavy atom. The van der Waals surface area contributed by atoms with Crippen LogP contribution >= 0.6 is 15.9 Å². The highest BCUT2D eigenvalue weighted by Gasteiger charge is 2.17. The number of fused-ring (bicyclic) bond motifs is 1. The number of halogens is 1. The van der Waals surface area contributed by atoms with Crippen molar-refractivity contribution >= 4 is 32.7 Å². The van der Waals surface area contributed by atoms with Crippen LogP contribution in [0.4, 0.5) is 5.82 Å². The molecule has 0 radical (unpaired) electrons. The fraction of sp³-hybridized carbons (Fsp3) is 0.556. The van der Waals surface area contributed by atoms with Crippen LogP contribution in [0.3, 0.4) is 0 Å². The minimum Gasteiger partial charge on any atom is -0.444 e. The second kappa shape index (κ2) is 9.18. The van der Waals surface area contributed by atoms with Crippen molar-refractivity contribution in [2.24, 2.45) is 0 Å². The topological polar surface area (TPSA) is 83.1 Å². The van der Waals surface area contributed by atoms with Crippen LogP contribution in [0.25, 0.3) is 11.0 Å². The number of morpholine rings is 1. The molecule has 0 spiro atoms. The predicted molar refractivity (Wildman–Crippen MR) is 101 cm³/mol. The molecule has 2 N–H and O–H groups in total. The van der Waals surface area contributed by atoms with E-state index < -0.39 is 0 Å². The molecule has 2 aliphatic rings. The molecule has 0 atom stereocenters. The van der Waals surface area contributed by atoms with Gasteiger partial charge >= 0.3 is 0 Å². The van der Waals surface area contributed by atoms with Crippen LogP contribution < -0.4 is 10.6 Å². The number of pyridine rings is 1. The van der Waals surface area contributed by atoms with E-state index in [4.69, 9.17) is 14.4 Å². The molecule has 3 heterocycles. The highest BCUT2D eigenvalue weighted by atomic mass is 79.9. The van der Waals surface area contributed by atoms with E-state index in [2.05, 4.69) is 31.5 Å². The first-order valence-electron chi connectivity index (χ1n) is 8.81. The summed E-state index contributed by atoms with van der Waals surface area (Å²) in [6.07, 6.45) is 7.96. The van der Waals surface area contributed by atoms with Gasteiger partial charge in [0.25, 0.3) is 0 Å². The molecule has 134 valence electrons. The highest BCUT2D eigenvalue weighted by Crippen LogP contribution is 2.33. The first kappa shape index (κ1) is 18.2. The van der Waals surface area contributed by atoms with Gasteiger partial charge in [-0.05, 0) is 28.8 Å². The summed E-state index contributed by atoms with van der Waals surface area (Å²) in [5.74, 6) is 1.15. The van der Waals surface area contributed by atoms with Crippen LogP contribution in [0.5, 0.6) is 0 Å². The molecule has 1 aliphatic carbocycles. The maximum absolute atomic E-state index is 8.86. The van der Waals surface area contributed by atoms with Crippen molar-refractivity contribution in [2.45, 2.75) is 38.1 Å². The summed E-state index contributed by atoms with van der Waals surface area (Å²) in [7, 11) is 0. The number of ether oxygens (including phenoxy) is 1. The minimum atomic E-state index is 0.312. The van der Waals surface area contributed by atoms with Crippen molar-refractivity contribution in [3.8, 4) is 6.07 Å². The summed E-state index contributed by atoms with van der Waals surface area (Å²) in [6.45, 7) is 3.83. The summed E-state index contributed by atoms with van der Waals surface area (Å²) < 4.78 is 11.2. The Hall–Kier alpha value is -1.62. The maximum atomic E-state index is 8.86. The van der Waals surface area contributed by atoms with E-state index in [0.717, 1.165) is 42.0 Å². The number of hydrogen-bond donors (Lipinski definition) is 2. The zero-order chi connectivity index (χ0) is 17.5. The van der Waals surface area contributed by atoms with Crippen LogP contribution in [0, 0.1) is 11.3 Å². The third-order valence-corrected chi connectivity index (χ3v) is 5.22. The van der Waals surface area contributed by atoms with Crippen LogP contribution in [-0.2, 0) is 4.74 Å². The van der Waals surface area contributed by atoms with Gasteiger partial charge < -0.3 is 19.8 Å². The highest BCUT2D eigenvalue weighted by molar-refractivity contribution is 9.10. The van der Waals surface area contributed by atoms with E-state index >= 15 is 0 Å². The summed E-state index contributed by atoms with van der Waals surface area (Å²) in [4.78, 5) is 4.39. The van der Waals surface area contributed by atoms with Gasteiger partial charge in [-0.2, -0.15) is 5.26 Å². The van der Waals surface area contributed by atoms with Crippen molar-refractivity contribution in [3.05, 3.63) is 22.5 Å². The third-order valence-electron chi connectivity index (χ3n) is 4.42. The molecular formula is C18H23BrN4O2. The zero-order valence-electron chi connectivity index (χ0n) is 14.2. The maximum Gasteiger partial charge on any atom is 0.204 e. The summed E-state index contributed by atoms with van der Waals surface area (Å²) >= 11 is 3.56. The summed E-state index contributed by atoms with van der Waals surface area (Å²) in [6, 6.07) is 4.25. The molecule has 6 nitrogen and oxygen atoms in total. The number of hydrogen-bond acceptors (Lipinski definition) is 6. The number of anilines is 1. The molecule has 7 heteroatoms. The first-order valence-corrected chi connectivity index (χ1v) is 9.60. The lowest BCUT2D eigenvalue weighted by Gasteiger charge is -2.23. The van der Waals surface area contributed by atoms with Crippen molar-refractivity contribution in [3.63, 3.8) is 0 Å². The Bertz CT molecular complexity index is 719. The number of nitrogens with one attached hydrogen (secondary N) is 2. The molecule has 0 unspecified atom stereocenters. The van der Waals surface area contributed by atoms with Crippen LogP contribution in [0.2, 0.25) is 0 Å². The molecule has 4 rings (SSSR count). The standard InChI is InChI=1S/C14H14BrN3O.C4H9NO/c15-13-11-6-10(7-16)19-12(11)8-17-14(13)18-9-4-2-1-3-5-9;1-3-6-4-2-5-1/h6,8-9H,1-5H2,(H,17,18);5H,1-4H2. The van der Waals surface area contributed by atoms with Crippen molar-refractivity contribution < 1.29 is 9.15 Å². The molecule has 25 heavy (non-hydrogen) atoms. The predicted octanol–water partition coefficient (Wildman–Crippen LogP) is 3.81. The molecule has 2 aromatic rings. The van der Waals surface area contributed by atoms with E-state index in [9.17, 15) is 0 Å².